The van der Waals surface area contributed by atoms with Gasteiger partial charge in [0, 0.05) is 31.4 Å². The molecule has 2 aromatic rings. The van der Waals surface area contributed by atoms with Crippen LogP contribution in [0, 0.1) is 12.8 Å². The summed E-state index contributed by atoms with van der Waals surface area (Å²) in [6.07, 6.45) is 7.73. The van der Waals surface area contributed by atoms with Crippen molar-refractivity contribution < 1.29 is 4.79 Å². The number of unbranched alkanes of at least 4 members (excludes halogenated alkanes) is 2. The van der Waals surface area contributed by atoms with Gasteiger partial charge in [-0.15, -0.1) is 5.10 Å². The van der Waals surface area contributed by atoms with E-state index in [0.29, 0.717) is 17.2 Å². The second-order valence-corrected chi connectivity index (χ2v) is 9.73. The van der Waals surface area contributed by atoms with E-state index in [4.69, 9.17) is 0 Å². The number of rotatable bonds is 12. The van der Waals surface area contributed by atoms with E-state index in [1.165, 1.54) is 47.6 Å². The number of aromatic nitrogens is 3. The minimum atomic E-state index is -0.159. The lowest BCUT2D eigenvalue weighted by molar-refractivity contribution is -0.125. The number of hydrogen-bond donors (Lipinski definition) is 1. The molecule has 3 heterocycles. The van der Waals surface area contributed by atoms with Crippen molar-refractivity contribution in [1.29, 1.82) is 0 Å². The number of nitrogens with one attached hydrogen (secondary N) is 1. The molecule has 1 saturated heterocycles. The Morgan fingerprint density at radius 1 is 1.22 bits per heavy atom. The van der Waals surface area contributed by atoms with E-state index in [1.54, 1.807) is 0 Å². The van der Waals surface area contributed by atoms with Gasteiger partial charge in [-0.05, 0) is 58.7 Å². The van der Waals surface area contributed by atoms with Gasteiger partial charge in [-0.2, -0.15) is 4.52 Å². The van der Waals surface area contributed by atoms with Crippen molar-refractivity contribution in [2.45, 2.75) is 65.7 Å². The number of anilines is 1. The zero-order valence-electron chi connectivity index (χ0n) is 19.8. The zero-order valence-corrected chi connectivity index (χ0v) is 20.6. The molecule has 9 heteroatoms. The molecule has 1 N–H and O–H groups in total. The Bertz CT molecular complexity index is 919. The fraction of sp³-hybridized carbons (Fsp3) is 0.739. The van der Waals surface area contributed by atoms with Crippen LogP contribution in [0.15, 0.2) is 10.9 Å². The lowest BCUT2D eigenvalue weighted by Crippen LogP contribution is -2.43. The van der Waals surface area contributed by atoms with Gasteiger partial charge < -0.3 is 15.1 Å². The van der Waals surface area contributed by atoms with Gasteiger partial charge in [0.1, 0.15) is 0 Å². The smallest absolute Gasteiger partial charge is 0.275 e. The number of amides is 1. The third-order valence-electron chi connectivity index (χ3n) is 6.03. The average molecular weight is 463 g/mol. The largest absolute Gasteiger partial charge is 0.356 e. The predicted molar refractivity (Wildman–Crippen MR) is 131 cm³/mol. The summed E-state index contributed by atoms with van der Waals surface area (Å²) in [5.74, 6) is 0.0917. The maximum absolute atomic E-state index is 12.8. The van der Waals surface area contributed by atoms with Gasteiger partial charge in [-0.3, -0.25) is 9.59 Å². The molecule has 0 aliphatic carbocycles. The minimum Gasteiger partial charge on any atom is -0.356 e. The van der Waals surface area contributed by atoms with Crippen LogP contribution >= 0.6 is 11.3 Å². The fourth-order valence-corrected chi connectivity index (χ4v) is 5.15. The number of carbonyl (C=O) groups excluding carboxylic acids is 1. The van der Waals surface area contributed by atoms with Gasteiger partial charge in [-0.1, -0.05) is 38.0 Å². The first-order valence-electron chi connectivity index (χ1n) is 12.1. The van der Waals surface area contributed by atoms with Crippen molar-refractivity contribution in [2.75, 3.05) is 44.2 Å². The summed E-state index contributed by atoms with van der Waals surface area (Å²) in [5, 5.41) is 8.39. The summed E-state index contributed by atoms with van der Waals surface area (Å²) in [5.41, 5.74) is 0.539. The van der Waals surface area contributed by atoms with Crippen molar-refractivity contribution in [3.8, 4) is 0 Å². The third-order valence-corrected chi connectivity index (χ3v) is 7.00. The summed E-state index contributed by atoms with van der Waals surface area (Å²) >= 11 is 1.41. The second kappa shape index (κ2) is 12.3. The van der Waals surface area contributed by atoms with Crippen LogP contribution in [-0.2, 0) is 4.79 Å². The monoisotopic (exact) mass is 462 g/mol. The molecule has 1 fully saturated rings. The molecule has 0 saturated carbocycles. The van der Waals surface area contributed by atoms with Gasteiger partial charge in [0.05, 0.1) is 5.92 Å². The first-order valence-corrected chi connectivity index (χ1v) is 13.0. The molecule has 1 aliphatic heterocycles. The first kappa shape index (κ1) is 24.6. The lowest BCUT2D eigenvalue weighted by atomic mass is 9.97. The van der Waals surface area contributed by atoms with E-state index < -0.39 is 0 Å². The van der Waals surface area contributed by atoms with Crippen LogP contribution in [0.1, 0.15) is 64.5 Å². The van der Waals surface area contributed by atoms with Crippen LogP contribution < -0.4 is 15.8 Å². The highest BCUT2D eigenvalue weighted by Crippen LogP contribution is 2.27. The second-order valence-electron chi connectivity index (χ2n) is 8.79. The van der Waals surface area contributed by atoms with Crippen molar-refractivity contribution in [1.82, 2.24) is 24.8 Å². The highest BCUT2D eigenvalue weighted by molar-refractivity contribution is 7.20. The highest BCUT2D eigenvalue weighted by atomic mass is 32.1. The molecule has 0 aromatic carbocycles. The number of aryl methyl sites for hydroxylation is 1. The van der Waals surface area contributed by atoms with Crippen molar-refractivity contribution in [2.24, 2.45) is 5.92 Å². The molecule has 32 heavy (non-hydrogen) atoms. The van der Waals surface area contributed by atoms with Gasteiger partial charge in [0.15, 0.2) is 0 Å². The van der Waals surface area contributed by atoms with Crippen molar-refractivity contribution >= 4 is 27.3 Å². The van der Waals surface area contributed by atoms with E-state index >= 15 is 0 Å². The van der Waals surface area contributed by atoms with E-state index in [9.17, 15) is 9.59 Å². The number of carbonyl (C=O) groups is 1. The molecule has 1 amide bonds. The number of nitrogens with zero attached hydrogens (tertiary/aromatic N) is 5. The van der Waals surface area contributed by atoms with Gasteiger partial charge in [-0.25, -0.2) is 4.98 Å². The van der Waals surface area contributed by atoms with Gasteiger partial charge >= 0.3 is 0 Å². The van der Waals surface area contributed by atoms with Gasteiger partial charge in [0.25, 0.3) is 5.56 Å². The van der Waals surface area contributed by atoms with E-state index in [2.05, 4.69) is 39.0 Å². The van der Waals surface area contributed by atoms with Crippen LogP contribution in [0.5, 0.6) is 0 Å². The Labute approximate surface area is 195 Å². The molecule has 3 rings (SSSR count). The predicted octanol–water partition coefficient (Wildman–Crippen LogP) is 3.08. The molecule has 2 aromatic heterocycles. The highest BCUT2D eigenvalue weighted by Gasteiger charge is 2.27. The topological polar surface area (TPSA) is 82.8 Å². The zero-order chi connectivity index (χ0) is 22.9. The van der Waals surface area contributed by atoms with Crippen LogP contribution in [0.4, 0.5) is 5.13 Å². The standard InChI is InChI=1S/C23H38N6O2S/c1-4-6-12-27(13-7-5-2)14-9-11-24-21(31)19-10-8-15-28(17-19)23-26-29-20(30)16-18(3)25-22(29)32-23/h16,19H,4-15,17H2,1-3H3,(H,24,31)/t19-/m0/s1. The molecule has 0 unspecified atom stereocenters. The summed E-state index contributed by atoms with van der Waals surface area (Å²) in [6, 6.07) is 1.49. The molecule has 0 radical (unpaired) electrons. The van der Waals surface area contributed by atoms with Crippen LogP contribution in [-0.4, -0.2) is 64.7 Å². The molecular weight excluding hydrogens is 424 g/mol. The number of piperidine rings is 1. The van der Waals surface area contributed by atoms with Gasteiger partial charge in [0.2, 0.25) is 16.0 Å². The minimum absolute atomic E-state index is 0.0431. The van der Waals surface area contributed by atoms with Crippen LogP contribution in [0.3, 0.4) is 0 Å². The summed E-state index contributed by atoms with van der Waals surface area (Å²) in [7, 11) is 0. The average Bonchev–Trinajstić information content (AvgIpc) is 3.22. The SMILES string of the molecule is CCCCN(CCCC)CCCNC(=O)[C@H]1CCCN(c2nn3c(=O)cc(C)nc3s2)C1. The van der Waals surface area contributed by atoms with Crippen LogP contribution in [0.2, 0.25) is 0 Å². The number of hydrogen-bond acceptors (Lipinski definition) is 7. The summed E-state index contributed by atoms with van der Waals surface area (Å²) in [6.45, 7) is 11.8. The molecule has 0 bridgehead atoms. The number of fused-ring (bicyclic) bond motifs is 1. The van der Waals surface area contributed by atoms with Crippen LogP contribution in [0.25, 0.3) is 4.96 Å². The first-order chi connectivity index (χ1) is 15.5. The van der Waals surface area contributed by atoms with Crippen molar-refractivity contribution in [3.63, 3.8) is 0 Å². The molecule has 1 atom stereocenters. The quantitative estimate of drug-likeness (QED) is 0.488. The Hall–Kier alpha value is -2.00. The maximum atomic E-state index is 12.8. The maximum Gasteiger partial charge on any atom is 0.275 e. The normalized spacial score (nSPS) is 16.8. The third kappa shape index (κ3) is 6.75. The Balaban J connectivity index is 1.49. The van der Waals surface area contributed by atoms with Crippen molar-refractivity contribution in [3.05, 3.63) is 22.1 Å². The molecule has 0 spiro atoms. The molecule has 178 valence electrons. The Kier molecular flexibility index (Phi) is 9.47. The molecule has 8 nitrogen and oxygen atoms in total. The Morgan fingerprint density at radius 3 is 2.66 bits per heavy atom. The molecule has 1 aliphatic rings. The van der Waals surface area contributed by atoms with E-state index in [-0.39, 0.29) is 17.4 Å². The van der Waals surface area contributed by atoms with E-state index in [0.717, 1.165) is 57.1 Å². The summed E-state index contributed by atoms with van der Waals surface area (Å²) < 4.78 is 1.36. The summed E-state index contributed by atoms with van der Waals surface area (Å²) in [4.78, 5) is 34.6. The molecular formula is C23H38N6O2S. The fourth-order valence-electron chi connectivity index (χ4n) is 4.16. The lowest BCUT2D eigenvalue weighted by Gasteiger charge is -2.31. The Morgan fingerprint density at radius 2 is 1.94 bits per heavy atom. The van der Waals surface area contributed by atoms with E-state index in [1.807, 2.05) is 6.92 Å².